The van der Waals surface area contributed by atoms with Crippen LogP contribution >= 0.6 is 0 Å². The molecule has 0 bridgehead atoms. The molecular formula is C20H27N5O. The highest BCUT2D eigenvalue weighted by atomic mass is 16.4. The summed E-state index contributed by atoms with van der Waals surface area (Å²) in [6.07, 6.45) is 9.39. The quantitative estimate of drug-likeness (QED) is 0.842. The van der Waals surface area contributed by atoms with Gasteiger partial charge in [0.25, 0.3) is 0 Å². The number of likely N-dealkylation sites (N-methyl/N-ethyl adjacent to an activating group) is 1. The number of hydrogen-bond acceptors (Lipinski definition) is 6. The zero-order valence-corrected chi connectivity index (χ0v) is 15.6. The molecule has 1 fully saturated rings. The van der Waals surface area contributed by atoms with Gasteiger partial charge < -0.3 is 9.32 Å². The van der Waals surface area contributed by atoms with E-state index in [4.69, 9.17) is 9.40 Å². The molecule has 3 heterocycles. The molecule has 0 amide bonds. The highest BCUT2D eigenvalue weighted by molar-refractivity contribution is 5.45. The Balaban J connectivity index is 1.19. The molecule has 1 aliphatic heterocycles. The standard InChI is InChI=1S/C20H27N5O/c1-24(13-20-21-17-8-4-5-9-18(17)26-20)15-11-25(12-15)19-10-14-6-2-3-7-16(14)22-23-19/h10,15H,2-9,11-13H2,1H3. The first-order valence-electron chi connectivity index (χ1n) is 10.0. The number of aryl methyl sites for hydroxylation is 4. The van der Waals surface area contributed by atoms with Crippen LogP contribution in [0.25, 0.3) is 0 Å². The molecule has 0 N–H and O–H groups in total. The van der Waals surface area contributed by atoms with Gasteiger partial charge in [-0.2, -0.15) is 5.10 Å². The number of hydrogen-bond donors (Lipinski definition) is 0. The summed E-state index contributed by atoms with van der Waals surface area (Å²) in [4.78, 5) is 9.41. The van der Waals surface area contributed by atoms with Crippen LogP contribution in [0.15, 0.2) is 10.5 Å². The SMILES string of the molecule is CN(Cc1nc2c(o1)CCCC2)C1CN(c2cc3c(nn2)CCCC3)C1. The molecule has 6 heteroatoms. The molecule has 0 saturated carbocycles. The van der Waals surface area contributed by atoms with Crippen molar-refractivity contribution < 1.29 is 4.42 Å². The first-order valence-corrected chi connectivity index (χ1v) is 10.0. The lowest BCUT2D eigenvalue weighted by Gasteiger charge is -2.44. The van der Waals surface area contributed by atoms with Crippen LogP contribution in [0.1, 0.15) is 54.3 Å². The fourth-order valence-electron chi connectivity index (χ4n) is 4.37. The Kier molecular flexibility index (Phi) is 4.15. The molecule has 5 rings (SSSR count). The van der Waals surface area contributed by atoms with Crippen LogP contribution in [0, 0.1) is 0 Å². The number of rotatable bonds is 4. The van der Waals surface area contributed by atoms with Crippen molar-refractivity contribution in [1.82, 2.24) is 20.1 Å². The fourth-order valence-corrected chi connectivity index (χ4v) is 4.37. The van der Waals surface area contributed by atoms with E-state index >= 15 is 0 Å². The lowest BCUT2D eigenvalue weighted by Crippen LogP contribution is -2.58. The van der Waals surface area contributed by atoms with E-state index in [2.05, 4.69) is 33.1 Å². The summed E-state index contributed by atoms with van der Waals surface area (Å²) >= 11 is 0. The van der Waals surface area contributed by atoms with E-state index in [-0.39, 0.29) is 0 Å². The maximum Gasteiger partial charge on any atom is 0.208 e. The van der Waals surface area contributed by atoms with Crippen molar-refractivity contribution in [3.8, 4) is 0 Å². The second-order valence-electron chi connectivity index (χ2n) is 8.04. The van der Waals surface area contributed by atoms with E-state index in [1.54, 1.807) is 0 Å². The predicted octanol–water partition coefficient (Wildman–Crippen LogP) is 2.54. The predicted molar refractivity (Wildman–Crippen MR) is 99.3 cm³/mol. The summed E-state index contributed by atoms with van der Waals surface area (Å²) in [7, 11) is 2.17. The van der Waals surface area contributed by atoms with Crippen molar-refractivity contribution in [2.45, 2.75) is 64.0 Å². The van der Waals surface area contributed by atoms with Crippen molar-refractivity contribution >= 4 is 5.82 Å². The zero-order valence-electron chi connectivity index (χ0n) is 15.6. The average Bonchev–Trinajstić information content (AvgIpc) is 3.02. The highest BCUT2D eigenvalue weighted by Gasteiger charge is 2.32. The molecule has 0 unspecified atom stereocenters. The van der Waals surface area contributed by atoms with E-state index in [0.717, 1.165) is 62.8 Å². The van der Waals surface area contributed by atoms with Gasteiger partial charge in [0.15, 0.2) is 5.82 Å². The largest absolute Gasteiger partial charge is 0.444 e. The van der Waals surface area contributed by atoms with E-state index in [0.29, 0.717) is 6.04 Å². The van der Waals surface area contributed by atoms with Gasteiger partial charge in [-0.15, -0.1) is 5.10 Å². The van der Waals surface area contributed by atoms with Gasteiger partial charge in [0.05, 0.1) is 17.9 Å². The molecule has 2 aromatic rings. The topological polar surface area (TPSA) is 58.3 Å². The number of fused-ring (bicyclic) bond motifs is 2. The number of anilines is 1. The number of nitrogens with zero attached hydrogens (tertiary/aromatic N) is 5. The van der Waals surface area contributed by atoms with Crippen molar-refractivity contribution in [3.05, 3.63) is 34.7 Å². The molecule has 2 aromatic heterocycles. The van der Waals surface area contributed by atoms with E-state index in [1.807, 2.05) is 0 Å². The average molecular weight is 353 g/mol. The molecule has 26 heavy (non-hydrogen) atoms. The second-order valence-corrected chi connectivity index (χ2v) is 8.04. The third kappa shape index (κ3) is 3.00. The Morgan fingerprint density at radius 2 is 1.81 bits per heavy atom. The number of aromatic nitrogens is 3. The van der Waals surface area contributed by atoms with Crippen LogP contribution in [0.3, 0.4) is 0 Å². The zero-order chi connectivity index (χ0) is 17.5. The Bertz CT molecular complexity index is 772. The Labute approximate surface area is 154 Å². The lowest BCUT2D eigenvalue weighted by atomic mass is 9.96. The molecule has 0 aromatic carbocycles. The van der Waals surface area contributed by atoms with E-state index < -0.39 is 0 Å². The van der Waals surface area contributed by atoms with Crippen LogP contribution in [-0.4, -0.2) is 46.3 Å². The van der Waals surface area contributed by atoms with Gasteiger partial charge in [-0.1, -0.05) is 0 Å². The summed E-state index contributed by atoms with van der Waals surface area (Å²) in [6, 6.07) is 2.79. The fraction of sp³-hybridized carbons (Fsp3) is 0.650. The van der Waals surface area contributed by atoms with Crippen molar-refractivity contribution in [2.75, 3.05) is 25.0 Å². The molecule has 0 atom stereocenters. The molecule has 0 radical (unpaired) electrons. The van der Waals surface area contributed by atoms with Crippen LogP contribution in [0.4, 0.5) is 5.82 Å². The van der Waals surface area contributed by atoms with Gasteiger partial charge in [0.2, 0.25) is 5.89 Å². The Morgan fingerprint density at radius 3 is 2.65 bits per heavy atom. The summed E-state index contributed by atoms with van der Waals surface area (Å²) in [6.45, 7) is 2.80. The Morgan fingerprint density at radius 1 is 1.04 bits per heavy atom. The van der Waals surface area contributed by atoms with Gasteiger partial charge in [-0.3, -0.25) is 4.90 Å². The lowest BCUT2D eigenvalue weighted by molar-refractivity contribution is 0.179. The van der Waals surface area contributed by atoms with Crippen molar-refractivity contribution in [3.63, 3.8) is 0 Å². The summed E-state index contributed by atoms with van der Waals surface area (Å²) < 4.78 is 5.98. The normalized spacial score (nSPS) is 20.0. The van der Waals surface area contributed by atoms with Gasteiger partial charge in [0, 0.05) is 25.6 Å². The minimum absolute atomic E-state index is 0.525. The minimum Gasteiger partial charge on any atom is -0.444 e. The maximum absolute atomic E-state index is 5.98. The van der Waals surface area contributed by atoms with Crippen molar-refractivity contribution in [2.24, 2.45) is 0 Å². The van der Waals surface area contributed by atoms with Crippen LogP contribution in [-0.2, 0) is 32.2 Å². The summed E-state index contributed by atoms with van der Waals surface area (Å²) in [5.41, 5.74) is 3.81. The van der Waals surface area contributed by atoms with Gasteiger partial charge >= 0.3 is 0 Å². The first kappa shape index (κ1) is 16.2. The second kappa shape index (κ2) is 6.65. The smallest absolute Gasteiger partial charge is 0.208 e. The Hall–Kier alpha value is -1.95. The minimum atomic E-state index is 0.525. The monoisotopic (exact) mass is 353 g/mol. The third-order valence-electron chi connectivity index (χ3n) is 6.14. The van der Waals surface area contributed by atoms with Crippen LogP contribution < -0.4 is 4.90 Å². The summed E-state index contributed by atoms with van der Waals surface area (Å²) in [5.74, 6) is 3.05. The molecular weight excluding hydrogens is 326 g/mol. The number of oxazole rings is 1. The van der Waals surface area contributed by atoms with Gasteiger partial charge in [-0.25, -0.2) is 4.98 Å². The molecule has 3 aliphatic rings. The summed E-state index contributed by atoms with van der Waals surface area (Å²) in [5, 5.41) is 8.93. The molecule has 2 aliphatic carbocycles. The van der Waals surface area contributed by atoms with E-state index in [1.165, 1.54) is 42.6 Å². The molecule has 1 saturated heterocycles. The highest BCUT2D eigenvalue weighted by Crippen LogP contribution is 2.27. The molecule has 138 valence electrons. The maximum atomic E-state index is 5.98. The first-order chi connectivity index (χ1) is 12.8. The van der Waals surface area contributed by atoms with E-state index in [9.17, 15) is 0 Å². The van der Waals surface area contributed by atoms with Crippen molar-refractivity contribution in [1.29, 1.82) is 0 Å². The van der Waals surface area contributed by atoms with Gasteiger partial charge in [0.1, 0.15) is 5.76 Å². The van der Waals surface area contributed by atoms with Gasteiger partial charge in [-0.05, 0) is 63.6 Å². The molecule has 6 nitrogen and oxygen atoms in total. The van der Waals surface area contributed by atoms with Crippen LogP contribution in [0.5, 0.6) is 0 Å². The molecule has 0 spiro atoms. The van der Waals surface area contributed by atoms with Crippen LogP contribution in [0.2, 0.25) is 0 Å². The third-order valence-corrected chi connectivity index (χ3v) is 6.14.